The largest absolute Gasteiger partial charge is 0.123 e. The third-order valence-electron chi connectivity index (χ3n) is 3.61. The molecule has 1 aromatic carbocycles. The topological polar surface area (TPSA) is 0 Å². The van der Waals surface area contributed by atoms with E-state index < -0.39 is 0 Å². The van der Waals surface area contributed by atoms with Gasteiger partial charge in [0.05, 0.1) is 10.0 Å². The van der Waals surface area contributed by atoms with Crippen molar-refractivity contribution in [1.29, 1.82) is 0 Å². The molecule has 0 aromatic heterocycles. The van der Waals surface area contributed by atoms with Crippen LogP contribution in [0.2, 0.25) is 10.0 Å². The lowest BCUT2D eigenvalue weighted by Gasteiger charge is -2.17. The molecule has 0 nitrogen and oxygen atoms in total. The molecule has 0 N–H and O–H groups in total. The molecule has 3 heteroatoms. The quantitative estimate of drug-likeness (QED) is 0.653. The molecule has 88 valence electrons. The average molecular weight is 278 g/mol. The van der Waals surface area contributed by atoms with Crippen molar-refractivity contribution in [2.24, 2.45) is 11.8 Å². The van der Waals surface area contributed by atoms with Crippen molar-refractivity contribution in [2.45, 2.75) is 31.6 Å². The molecule has 1 fully saturated rings. The van der Waals surface area contributed by atoms with Crippen LogP contribution in [-0.2, 0) is 6.42 Å². The van der Waals surface area contributed by atoms with E-state index in [2.05, 4.69) is 13.0 Å². The molecule has 0 radical (unpaired) electrons. The molecule has 0 heterocycles. The van der Waals surface area contributed by atoms with Crippen LogP contribution >= 0.6 is 34.8 Å². The van der Waals surface area contributed by atoms with E-state index in [0.29, 0.717) is 27.3 Å². The van der Waals surface area contributed by atoms with Gasteiger partial charge in [-0.15, -0.1) is 11.6 Å². The van der Waals surface area contributed by atoms with Crippen LogP contribution in [-0.4, -0.2) is 5.38 Å². The van der Waals surface area contributed by atoms with Crippen LogP contribution in [0.4, 0.5) is 0 Å². The van der Waals surface area contributed by atoms with Crippen molar-refractivity contribution in [3.63, 3.8) is 0 Å². The van der Waals surface area contributed by atoms with Gasteiger partial charge < -0.3 is 0 Å². The summed E-state index contributed by atoms with van der Waals surface area (Å²) in [4.78, 5) is 0. The summed E-state index contributed by atoms with van der Waals surface area (Å²) in [5.74, 6) is 1.27. The molecule has 1 aliphatic rings. The Balaban J connectivity index is 2.07. The summed E-state index contributed by atoms with van der Waals surface area (Å²) in [6, 6.07) is 5.90. The van der Waals surface area contributed by atoms with Gasteiger partial charge in [-0.1, -0.05) is 36.2 Å². The highest BCUT2D eigenvalue weighted by atomic mass is 35.5. The molecule has 16 heavy (non-hydrogen) atoms. The summed E-state index contributed by atoms with van der Waals surface area (Å²) >= 11 is 18.1. The lowest BCUT2D eigenvalue weighted by Crippen LogP contribution is -2.13. The number of rotatable bonds is 2. The van der Waals surface area contributed by atoms with Crippen molar-refractivity contribution in [2.75, 3.05) is 0 Å². The maximum absolute atomic E-state index is 6.23. The van der Waals surface area contributed by atoms with Gasteiger partial charge in [-0.2, -0.15) is 0 Å². The summed E-state index contributed by atoms with van der Waals surface area (Å²) in [5.41, 5.74) is 1.26. The molecule has 1 saturated carbocycles. The SMILES string of the molecule is CC1C(Cl)CCC1Cc1ccc(Cl)c(Cl)c1. The van der Waals surface area contributed by atoms with Crippen LogP contribution in [0.1, 0.15) is 25.3 Å². The summed E-state index contributed by atoms with van der Waals surface area (Å²) in [7, 11) is 0. The van der Waals surface area contributed by atoms with E-state index in [1.54, 1.807) is 0 Å². The van der Waals surface area contributed by atoms with Gasteiger partial charge in [-0.05, 0) is 48.8 Å². The summed E-state index contributed by atoms with van der Waals surface area (Å²) in [5, 5.41) is 1.61. The molecular weight excluding hydrogens is 263 g/mol. The van der Waals surface area contributed by atoms with Crippen molar-refractivity contribution < 1.29 is 0 Å². The van der Waals surface area contributed by atoms with Gasteiger partial charge in [0.1, 0.15) is 0 Å². The Morgan fingerprint density at radius 3 is 2.50 bits per heavy atom. The number of benzene rings is 1. The normalized spacial score (nSPS) is 29.6. The standard InChI is InChI=1S/C13H15Cl3/c1-8-10(3-5-11(8)14)6-9-2-4-12(15)13(16)7-9/h2,4,7-8,10-11H,3,5-6H2,1H3. The van der Waals surface area contributed by atoms with Gasteiger partial charge in [0.15, 0.2) is 0 Å². The molecule has 0 saturated heterocycles. The predicted octanol–water partition coefficient (Wildman–Crippen LogP) is 5.19. The van der Waals surface area contributed by atoms with E-state index in [9.17, 15) is 0 Å². The van der Waals surface area contributed by atoms with E-state index in [1.165, 1.54) is 12.0 Å². The maximum atomic E-state index is 6.23. The molecule has 0 aliphatic heterocycles. The Morgan fingerprint density at radius 2 is 1.94 bits per heavy atom. The zero-order chi connectivity index (χ0) is 11.7. The lowest BCUT2D eigenvalue weighted by molar-refractivity contribution is 0.420. The first-order valence-corrected chi connectivity index (χ1v) is 6.85. The molecule has 0 spiro atoms. The van der Waals surface area contributed by atoms with Crippen LogP contribution in [0.3, 0.4) is 0 Å². The second kappa shape index (κ2) is 5.16. The summed E-state index contributed by atoms with van der Waals surface area (Å²) in [6.45, 7) is 2.24. The molecule has 0 bridgehead atoms. The van der Waals surface area contributed by atoms with Gasteiger partial charge in [0.25, 0.3) is 0 Å². The van der Waals surface area contributed by atoms with Gasteiger partial charge in [0.2, 0.25) is 0 Å². The minimum atomic E-state index is 0.341. The first-order valence-electron chi connectivity index (χ1n) is 5.66. The van der Waals surface area contributed by atoms with Crippen molar-refractivity contribution >= 4 is 34.8 Å². The Morgan fingerprint density at radius 1 is 1.19 bits per heavy atom. The number of halogens is 3. The fraction of sp³-hybridized carbons (Fsp3) is 0.538. The minimum absolute atomic E-state index is 0.341. The van der Waals surface area contributed by atoms with E-state index in [0.717, 1.165) is 12.8 Å². The predicted molar refractivity (Wildman–Crippen MR) is 71.7 cm³/mol. The minimum Gasteiger partial charge on any atom is -0.123 e. The van der Waals surface area contributed by atoms with E-state index in [1.807, 2.05) is 12.1 Å². The average Bonchev–Trinajstić information content (AvgIpc) is 2.55. The molecule has 0 amide bonds. The monoisotopic (exact) mass is 276 g/mol. The highest BCUT2D eigenvalue weighted by Gasteiger charge is 2.31. The van der Waals surface area contributed by atoms with Crippen molar-refractivity contribution in [3.8, 4) is 0 Å². The fourth-order valence-electron chi connectivity index (χ4n) is 2.45. The van der Waals surface area contributed by atoms with Gasteiger partial charge in [-0.3, -0.25) is 0 Å². The smallest absolute Gasteiger partial charge is 0.0595 e. The zero-order valence-electron chi connectivity index (χ0n) is 9.22. The van der Waals surface area contributed by atoms with E-state index in [-0.39, 0.29) is 0 Å². The molecule has 3 unspecified atom stereocenters. The highest BCUT2D eigenvalue weighted by molar-refractivity contribution is 6.42. The number of alkyl halides is 1. The molecule has 1 aliphatic carbocycles. The fourth-order valence-corrected chi connectivity index (χ4v) is 3.10. The zero-order valence-corrected chi connectivity index (χ0v) is 11.5. The maximum Gasteiger partial charge on any atom is 0.0595 e. The third kappa shape index (κ3) is 2.67. The Labute approximate surface area is 112 Å². The van der Waals surface area contributed by atoms with Gasteiger partial charge in [0, 0.05) is 5.38 Å². The van der Waals surface area contributed by atoms with Crippen molar-refractivity contribution in [3.05, 3.63) is 33.8 Å². The third-order valence-corrected chi connectivity index (χ3v) is 4.96. The van der Waals surface area contributed by atoms with E-state index >= 15 is 0 Å². The molecule has 1 aromatic rings. The number of hydrogen-bond donors (Lipinski definition) is 0. The molecule has 3 atom stereocenters. The van der Waals surface area contributed by atoms with Crippen LogP contribution < -0.4 is 0 Å². The summed E-state index contributed by atoms with van der Waals surface area (Å²) in [6.07, 6.45) is 3.41. The van der Waals surface area contributed by atoms with Crippen LogP contribution in [0, 0.1) is 11.8 Å². The second-order valence-electron chi connectivity index (χ2n) is 4.67. The van der Waals surface area contributed by atoms with Gasteiger partial charge >= 0.3 is 0 Å². The van der Waals surface area contributed by atoms with Gasteiger partial charge in [-0.25, -0.2) is 0 Å². The Bertz CT molecular complexity index is 375. The highest BCUT2D eigenvalue weighted by Crippen LogP contribution is 2.37. The van der Waals surface area contributed by atoms with Crippen molar-refractivity contribution in [1.82, 2.24) is 0 Å². The summed E-state index contributed by atoms with van der Waals surface area (Å²) < 4.78 is 0. The molecular formula is C13H15Cl3. The van der Waals surface area contributed by atoms with Crippen LogP contribution in [0.15, 0.2) is 18.2 Å². The lowest BCUT2D eigenvalue weighted by atomic mass is 9.91. The number of hydrogen-bond acceptors (Lipinski definition) is 0. The first kappa shape index (κ1) is 12.5. The van der Waals surface area contributed by atoms with Crippen LogP contribution in [0.25, 0.3) is 0 Å². The van der Waals surface area contributed by atoms with E-state index in [4.69, 9.17) is 34.8 Å². The molecule has 2 rings (SSSR count). The Hall–Kier alpha value is 0.0900. The first-order chi connectivity index (χ1) is 7.58. The second-order valence-corrected chi connectivity index (χ2v) is 6.04. The van der Waals surface area contributed by atoms with Crippen LogP contribution in [0.5, 0.6) is 0 Å². The Kier molecular flexibility index (Phi) is 4.05.